The first-order chi connectivity index (χ1) is 12.0. The lowest BCUT2D eigenvalue weighted by molar-refractivity contribution is -0.124. The van der Waals surface area contributed by atoms with E-state index in [2.05, 4.69) is 5.32 Å². The number of hydrogen-bond acceptors (Lipinski definition) is 5. The second-order valence-electron chi connectivity index (χ2n) is 5.15. The van der Waals surface area contributed by atoms with Crippen molar-refractivity contribution in [2.24, 2.45) is 0 Å². The van der Waals surface area contributed by atoms with E-state index in [4.69, 9.17) is 9.47 Å². The number of aromatic hydroxyl groups is 1. The van der Waals surface area contributed by atoms with Gasteiger partial charge in [-0.15, -0.1) is 0 Å². The molecule has 0 aromatic heterocycles. The number of ether oxygens (including phenoxy) is 2. The summed E-state index contributed by atoms with van der Waals surface area (Å²) < 4.78 is 23.2. The van der Waals surface area contributed by atoms with E-state index in [9.17, 15) is 19.1 Å². The lowest BCUT2D eigenvalue weighted by Crippen LogP contribution is -2.30. The van der Waals surface area contributed by atoms with Crippen LogP contribution in [0.15, 0.2) is 42.5 Å². The minimum absolute atomic E-state index is 0.0695. The summed E-state index contributed by atoms with van der Waals surface area (Å²) in [5.41, 5.74) is 0.419. The Labute approximate surface area is 144 Å². The molecule has 2 rings (SSSR count). The molecule has 1 amide bonds. The molecule has 0 fully saturated rings. The molecule has 0 unspecified atom stereocenters. The standard InChI is InChI=1S/C18H18FNO5/c1-24-13-6-7-14(16(21)10-13)18(23)25-11-17(22)20-9-8-12-4-2-3-5-15(12)19/h2-7,10,21H,8-9,11H2,1H3,(H,20,22). The Hall–Kier alpha value is -3.09. The Bertz CT molecular complexity index is 763. The fourth-order valence-corrected chi connectivity index (χ4v) is 2.11. The highest BCUT2D eigenvalue weighted by atomic mass is 19.1. The van der Waals surface area contributed by atoms with Crippen LogP contribution in [0.1, 0.15) is 15.9 Å². The highest BCUT2D eigenvalue weighted by Crippen LogP contribution is 2.23. The summed E-state index contributed by atoms with van der Waals surface area (Å²) in [7, 11) is 1.43. The molecule has 0 bridgehead atoms. The fraction of sp³-hybridized carbons (Fsp3) is 0.222. The molecule has 0 spiro atoms. The van der Waals surface area contributed by atoms with Crippen LogP contribution < -0.4 is 10.1 Å². The summed E-state index contributed by atoms with van der Waals surface area (Å²) in [4.78, 5) is 23.5. The molecule has 2 aromatic rings. The number of esters is 1. The Morgan fingerprint density at radius 3 is 2.64 bits per heavy atom. The maximum absolute atomic E-state index is 13.4. The quantitative estimate of drug-likeness (QED) is 0.749. The van der Waals surface area contributed by atoms with Crippen molar-refractivity contribution in [2.75, 3.05) is 20.3 Å². The van der Waals surface area contributed by atoms with E-state index in [1.165, 1.54) is 31.4 Å². The summed E-state index contributed by atoms with van der Waals surface area (Å²) in [6.07, 6.45) is 0.325. The molecule has 25 heavy (non-hydrogen) atoms. The number of benzene rings is 2. The number of phenols is 1. The van der Waals surface area contributed by atoms with Gasteiger partial charge in [0.15, 0.2) is 6.61 Å². The number of rotatable bonds is 7. The van der Waals surface area contributed by atoms with Crippen molar-refractivity contribution in [2.45, 2.75) is 6.42 Å². The third-order valence-electron chi connectivity index (χ3n) is 3.43. The molecule has 7 heteroatoms. The predicted octanol–water partition coefficient (Wildman–Crippen LogP) is 2.06. The normalized spacial score (nSPS) is 10.2. The summed E-state index contributed by atoms with van der Waals surface area (Å²) in [5, 5.41) is 12.3. The van der Waals surface area contributed by atoms with E-state index >= 15 is 0 Å². The van der Waals surface area contributed by atoms with Crippen LogP contribution in [0.5, 0.6) is 11.5 Å². The summed E-state index contributed by atoms with van der Waals surface area (Å²) in [5.74, 6) is -1.59. The van der Waals surface area contributed by atoms with Crippen LogP contribution in [-0.2, 0) is 16.0 Å². The molecule has 6 nitrogen and oxygen atoms in total. The molecule has 0 heterocycles. The van der Waals surface area contributed by atoms with Crippen molar-refractivity contribution in [3.05, 3.63) is 59.4 Å². The van der Waals surface area contributed by atoms with E-state index in [1.807, 2.05) is 0 Å². The maximum atomic E-state index is 13.4. The molecular weight excluding hydrogens is 329 g/mol. The zero-order chi connectivity index (χ0) is 18.2. The molecule has 0 saturated heterocycles. The third-order valence-corrected chi connectivity index (χ3v) is 3.43. The zero-order valence-corrected chi connectivity index (χ0v) is 13.6. The van der Waals surface area contributed by atoms with Crippen molar-refractivity contribution in [1.82, 2.24) is 5.32 Å². The van der Waals surface area contributed by atoms with Crippen molar-refractivity contribution in [3.8, 4) is 11.5 Å². The maximum Gasteiger partial charge on any atom is 0.342 e. The molecule has 0 saturated carbocycles. The summed E-state index contributed by atoms with van der Waals surface area (Å²) in [6.45, 7) is -0.285. The van der Waals surface area contributed by atoms with Gasteiger partial charge in [-0.3, -0.25) is 4.79 Å². The number of phenolic OH excluding ortho intramolecular Hbond substituents is 1. The Morgan fingerprint density at radius 1 is 1.20 bits per heavy atom. The van der Waals surface area contributed by atoms with Crippen LogP contribution in [0.4, 0.5) is 4.39 Å². The van der Waals surface area contributed by atoms with Gasteiger partial charge in [-0.25, -0.2) is 9.18 Å². The highest BCUT2D eigenvalue weighted by molar-refractivity contribution is 5.94. The lowest BCUT2D eigenvalue weighted by Gasteiger charge is -2.08. The Kier molecular flexibility index (Phi) is 6.33. The van der Waals surface area contributed by atoms with E-state index in [0.29, 0.717) is 17.7 Å². The van der Waals surface area contributed by atoms with Gasteiger partial charge in [-0.2, -0.15) is 0 Å². The third kappa shape index (κ3) is 5.20. The molecule has 0 radical (unpaired) electrons. The van der Waals surface area contributed by atoms with E-state index in [1.54, 1.807) is 18.2 Å². The number of hydrogen-bond donors (Lipinski definition) is 2. The minimum Gasteiger partial charge on any atom is -0.507 e. The van der Waals surface area contributed by atoms with Crippen LogP contribution >= 0.6 is 0 Å². The van der Waals surface area contributed by atoms with Gasteiger partial charge in [0.2, 0.25) is 0 Å². The molecule has 132 valence electrons. The van der Waals surface area contributed by atoms with Gasteiger partial charge >= 0.3 is 5.97 Å². The van der Waals surface area contributed by atoms with Crippen LogP contribution in [0.3, 0.4) is 0 Å². The zero-order valence-electron chi connectivity index (χ0n) is 13.6. The SMILES string of the molecule is COc1ccc(C(=O)OCC(=O)NCCc2ccccc2F)c(O)c1. The molecule has 0 atom stereocenters. The molecule has 2 N–H and O–H groups in total. The molecule has 2 aromatic carbocycles. The average Bonchev–Trinajstić information content (AvgIpc) is 2.61. The Morgan fingerprint density at radius 2 is 1.96 bits per heavy atom. The average molecular weight is 347 g/mol. The van der Waals surface area contributed by atoms with Crippen LogP contribution in [0.25, 0.3) is 0 Å². The van der Waals surface area contributed by atoms with Gasteiger partial charge in [0.05, 0.1) is 7.11 Å². The van der Waals surface area contributed by atoms with Gasteiger partial charge in [-0.05, 0) is 30.2 Å². The topological polar surface area (TPSA) is 84.9 Å². The second-order valence-corrected chi connectivity index (χ2v) is 5.15. The van der Waals surface area contributed by atoms with Gasteiger partial charge in [0.1, 0.15) is 22.9 Å². The van der Waals surface area contributed by atoms with E-state index in [0.717, 1.165) is 0 Å². The minimum atomic E-state index is -0.829. The number of halogens is 1. The predicted molar refractivity (Wildman–Crippen MR) is 88.1 cm³/mol. The number of carbonyl (C=O) groups excluding carboxylic acids is 2. The monoisotopic (exact) mass is 347 g/mol. The van der Waals surface area contributed by atoms with Gasteiger partial charge in [0.25, 0.3) is 5.91 Å². The first-order valence-electron chi connectivity index (χ1n) is 7.55. The molecular formula is C18H18FNO5. The highest BCUT2D eigenvalue weighted by Gasteiger charge is 2.15. The van der Waals surface area contributed by atoms with Gasteiger partial charge < -0.3 is 19.9 Å². The van der Waals surface area contributed by atoms with Crippen LogP contribution in [0, 0.1) is 5.82 Å². The lowest BCUT2D eigenvalue weighted by atomic mass is 10.1. The van der Waals surface area contributed by atoms with Crippen LogP contribution in [0.2, 0.25) is 0 Å². The molecule has 0 aliphatic heterocycles. The Balaban J connectivity index is 1.78. The summed E-state index contributed by atoms with van der Waals surface area (Å²) >= 11 is 0. The van der Waals surface area contributed by atoms with Gasteiger partial charge in [0, 0.05) is 12.6 Å². The number of carbonyl (C=O) groups is 2. The molecule has 0 aliphatic carbocycles. The fourth-order valence-electron chi connectivity index (χ4n) is 2.11. The smallest absolute Gasteiger partial charge is 0.342 e. The van der Waals surface area contributed by atoms with Crippen molar-refractivity contribution in [3.63, 3.8) is 0 Å². The first kappa shape index (κ1) is 18.3. The van der Waals surface area contributed by atoms with Crippen molar-refractivity contribution < 1.29 is 28.6 Å². The van der Waals surface area contributed by atoms with Crippen molar-refractivity contribution >= 4 is 11.9 Å². The molecule has 0 aliphatic rings. The summed E-state index contributed by atoms with van der Waals surface area (Å²) in [6, 6.07) is 10.4. The van der Waals surface area contributed by atoms with Crippen LogP contribution in [-0.4, -0.2) is 37.2 Å². The largest absolute Gasteiger partial charge is 0.507 e. The van der Waals surface area contributed by atoms with E-state index < -0.39 is 18.5 Å². The van der Waals surface area contributed by atoms with Crippen molar-refractivity contribution in [1.29, 1.82) is 0 Å². The number of nitrogens with one attached hydrogen (secondary N) is 1. The number of methoxy groups -OCH3 is 1. The van der Waals surface area contributed by atoms with Gasteiger partial charge in [-0.1, -0.05) is 18.2 Å². The second kappa shape index (κ2) is 8.68. The first-order valence-corrected chi connectivity index (χ1v) is 7.55. The van der Waals surface area contributed by atoms with E-state index in [-0.39, 0.29) is 23.7 Å². The number of amides is 1.